The molecule has 0 radical (unpaired) electrons. The molecule has 0 bridgehead atoms. The maximum absolute atomic E-state index is 13.0. The summed E-state index contributed by atoms with van der Waals surface area (Å²) in [4.78, 5) is 38.9. The van der Waals surface area contributed by atoms with Crippen LogP contribution in [0.3, 0.4) is 0 Å². The van der Waals surface area contributed by atoms with E-state index in [4.69, 9.17) is 4.74 Å². The van der Waals surface area contributed by atoms with Gasteiger partial charge in [0.05, 0.1) is 5.41 Å². The van der Waals surface area contributed by atoms with E-state index in [9.17, 15) is 19.5 Å². The van der Waals surface area contributed by atoms with Crippen LogP contribution in [-0.4, -0.2) is 53.7 Å². The Balaban J connectivity index is 1.36. The van der Waals surface area contributed by atoms with Crippen molar-refractivity contribution in [3.05, 3.63) is 59.7 Å². The first-order valence-electron chi connectivity index (χ1n) is 12.4. The Morgan fingerprint density at radius 3 is 2.34 bits per heavy atom. The highest BCUT2D eigenvalue weighted by molar-refractivity contribution is 5.81. The first kappa shape index (κ1) is 24.8. The number of carbonyl (C=O) groups excluding carboxylic acids is 2. The van der Waals surface area contributed by atoms with Gasteiger partial charge in [0.25, 0.3) is 0 Å². The fourth-order valence-electron chi connectivity index (χ4n) is 5.35. The first-order chi connectivity index (χ1) is 16.8. The van der Waals surface area contributed by atoms with Crippen molar-refractivity contribution >= 4 is 18.0 Å². The van der Waals surface area contributed by atoms with Crippen molar-refractivity contribution in [2.45, 2.75) is 57.9 Å². The molecule has 7 nitrogen and oxygen atoms in total. The molecule has 2 aromatic rings. The number of amides is 2. The van der Waals surface area contributed by atoms with E-state index < -0.39 is 17.5 Å². The van der Waals surface area contributed by atoms with Crippen LogP contribution in [0.15, 0.2) is 48.5 Å². The van der Waals surface area contributed by atoms with Crippen LogP contribution in [0.25, 0.3) is 11.1 Å². The predicted octanol–water partition coefficient (Wildman–Crippen LogP) is 4.80. The summed E-state index contributed by atoms with van der Waals surface area (Å²) in [6.07, 6.45) is 2.25. The lowest BCUT2D eigenvalue weighted by Crippen LogP contribution is -2.50. The Morgan fingerprint density at radius 1 is 1.11 bits per heavy atom. The largest absolute Gasteiger partial charge is 0.481 e. The summed E-state index contributed by atoms with van der Waals surface area (Å²) in [5, 5.41) is 12.4. The Morgan fingerprint density at radius 2 is 1.74 bits per heavy atom. The van der Waals surface area contributed by atoms with Gasteiger partial charge in [0.15, 0.2) is 0 Å². The Kier molecular flexibility index (Phi) is 7.43. The van der Waals surface area contributed by atoms with E-state index in [1.54, 1.807) is 11.8 Å². The zero-order chi connectivity index (χ0) is 25.0. The average molecular weight is 479 g/mol. The zero-order valence-electron chi connectivity index (χ0n) is 20.5. The minimum Gasteiger partial charge on any atom is -0.481 e. The molecule has 2 amide bonds. The van der Waals surface area contributed by atoms with Crippen LogP contribution in [0.5, 0.6) is 0 Å². The number of carbonyl (C=O) groups is 3. The Hall–Kier alpha value is -3.35. The second kappa shape index (κ2) is 10.5. The van der Waals surface area contributed by atoms with Gasteiger partial charge in [-0.25, -0.2) is 4.79 Å². The summed E-state index contributed by atoms with van der Waals surface area (Å²) >= 11 is 0. The number of ether oxygens (including phenoxy) is 1. The SMILES string of the molecule is CCC[C@H](CC(=O)N1CCCC(C)(C(=O)O)C1)NC(=O)OCC1c2ccccc2-c2ccccc21. The van der Waals surface area contributed by atoms with Crippen LogP contribution in [0, 0.1) is 5.41 Å². The molecule has 1 heterocycles. The van der Waals surface area contributed by atoms with Crippen molar-refractivity contribution < 1.29 is 24.2 Å². The topological polar surface area (TPSA) is 95.9 Å². The van der Waals surface area contributed by atoms with Crippen LogP contribution < -0.4 is 5.32 Å². The summed E-state index contributed by atoms with van der Waals surface area (Å²) in [6.45, 7) is 4.65. The van der Waals surface area contributed by atoms with E-state index in [1.807, 2.05) is 31.2 Å². The third-order valence-corrected chi connectivity index (χ3v) is 7.29. The summed E-state index contributed by atoms with van der Waals surface area (Å²) in [5.74, 6) is -1.03. The third kappa shape index (κ3) is 5.34. The molecule has 1 saturated heterocycles. The molecule has 2 aliphatic rings. The number of alkyl carbamates (subject to hydrolysis) is 1. The number of likely N-dealkylation sites (tertiary alicyclic amines) is 1. The first-order valence-corrected chi connectivity index (χ1v) is 12.4. The van der Waals surface area contributed by atoms with E-state index in [0.717, 1.165) is 17.5 Å². The highest BCUT2D eigenvalue weighted by Gasteiger charge is 2.39. The van der Waals surface area contributed by atoms with Gasteiger partial charge < -0.3 is 20.1 Å². The predicted molar refractivity (Wildman–Crippen MR) is 133 cm³/mol. The summed E-state index contributed by atoms with van der Waals surface area (Å²) in [6, 6.07) is 16.0. The van der Waals surface area contributed by atoms with Crippen molar-refractivity contribution in [2.24, 2.45) is 5.41 Å². The van der Waals surface area contributed by atoms with E-state index in [1.165, 1.54) is 11.1 Å². The molecule has 1 fully saturated rings. The number of nitrogens with one attached hydrogen (secondary N) is 1. The van der Waals surface area contributed by atoms with Gasteiger partial charge in [0, 0.05) is 31.5 Å². The lowest BCUT2D eigenvalue weighted by Gasteiger charge is -2.38. The molecule has 2 atom stereocenters. The Bertz CT molecular complexity index is 1050. The van der Waals surface area contributed by atoms with Gasteiger partial charge in [-0.15, -0.1) is 0 Å². The fraction of sp³-hybridized carbons (Fsp3) is 0.464. The molecule has 1 aliphatic heterocycles. The van der Waals surface area contributed by atoms with Crippen LogP contribution >= 0.6 is 0 Å². The van der Waals surface area contributed by atoms with E-state index >= 15 is 0 Å². The molecule has 7 heteroatoms. The number of piperidine rings is 1. The number of carboxylic acid groups (broad SMARTS) is 1. The number of rotatable bonds is 8. The molecule has 1 unspecified atom stereocenters. The monoisotopic (exact) mass is 478 g/mol. The molecule has 2 aromatic carbocycles. The minimum absolute atomic E-state index is 0.0264. The zero-order valence-corrected chi connectivity index (χ0v) is 20.5. The van der Waals surface area contributed by atoms with Crippen molar-refractivity contribution in [1.29, 1.82) is 0 Å². The van der Waals surface area contributed by atoms with E-state index in [0.29, 0.717) is 25.8 Å². The number of hydrogen-bond donors (Lipinski definition) is 2. The number of fused-ring (bicyclic) bond motifs is 3. The molecule has 0 spiro atoms. The number of nitrogens with zero attached hydrogens (tertiary/aromatic N) is 1. The average Bonchev–Trinajstić information content (AvgIpc) is 3.16. The Labute approximate surface area is 206 Å². The second-order valence-corrected chi connectivity index (χ2v) is 9.94. The van der Waals surface area contributed by atoms with Gasteiger partial charge in [0.2, 0.25) is 5.91 Å². The summed E-state index contributed by atoms with van der Waals surface area (Å²) in [7, 11) is 0. The summed E-state index contributed by atoms with van der Waals surface area (Å²) < 4.78 is 5.66. The van der Waals surface area contributed by atoms with Gasteiger partial charge in [0.1, 0.15) is 6.61 Å². The molecule has 0 saturated carbocycles. The third-order valence-electron chi connectivity index (χ3n) is 7.29. The highest BCUT2D eigenvalue weighted by Crippen LogP contribution is 2.44. The lowest BCUT2D eigenvalue weighted by molar-refractivity contribution is -0.153. The van der Waals surface area contributed by atoms with Crippen LogP contribution in [0.2, 0.25) is 0 Å². The van der Waals surface area contributed by atoms with Gasteiger partial charge in [-0.2, -0.15) is 0 Å². The maximum Gasteiger partial charge on any atom is 0.407 e. The van der Waals surface area contributed by atoms with Crippen LogP contribution in [0.1, 0.15) is 63.0 Å². The van der Waals surface area contributed by atoms with Crippen molar-refractivity contribution in [2.75, 3.05) is 19.7 Å². The van der Waals surface area contributed by atoms with Gasteiger partial charge in [-0.3, -0.25) is 9.59 Å². The molecule has 1 aliphatic carbocycles. The molecule has 4 rings (SSSR count). The van der Waals surface area contributed by atoms with Gasteiger partial charge in [-0.05, 0) is 48.4 Å². The fourth-order valence-corrected chi connectivity index (χ4v) is 5.35. The number of benzene rings is 2. The lowest BCUT2D eigenvalue weighted by atomic mass is 9.82. The molecular weight excluding hydrogens is 444 g/mol. The van der Waals surface area contributed by atoms with E-state index in [-0.39, 0.29) is 37.4 Å². The number of carboxylic acids is 1. The number of hydrogen-bond acceptors (Lipinski definition) is 4. The summed E-state index contributed by atoms with van der Waals surface area (Å²) in [5.41, 5.74) is 3.71. The van der Waals surface area contributed by atoms with E-state index in [2.05, 4.69) is 29.6 Å². The molecule has 0 aromatic heterocycles. The van der Waals surface area contributed by atoms with Gasteiger partial charge >= 0.3 is 12.1 Å². The normalized spacial score (nSPS) is 20.0. The minimum atomic E-state index is -0.922. The standard InChI is InChI=1S/C28H34N2O5/c1-3-9-19(16-25(31)30-15-8-14-28(2,18-30)26(32)33)29-27(34)35-17-24-22-12-6-4-10-20(22)21-11-5-7-13-23(21)24/h4-7,10-13,19,24H,3,8-9,14-18H2,1-2H3,(H,29,34)(H,32,33)/t19-,28?/m1/s1. The van der Waals surface area contributed by atoms with Gasteiger partial charge in [-0.1, -0.05) is 61.9 Å². The van der Waals surface area contributed by atoms with Crippen LogP contribution in [0.4, 0.5) is 4.79 Å². The smallest absolute Gasteiger partial charge is 0.407 e. The van der Waals surface area contributed by atoms with Crippen molar-refractivity contribution in [3.63, 3.8) is 0 Å². The van der Waals surface area contributed by atoms with Crippen molar-refractivity contribution in [1.82, 2.24) is 10.2 Å². The second-order valence-electron chi connectivity index (χ2n) is 9.94. The molecular formula is C28H34N2O5. The number of aliphatic carboxylic acids is 1. The molecule has 2 N–H and O–H groups in total. The highest BCUT2D eigenvalue weighted by atomic mass is 16.5. The van der Waals surface area contributed by atoms with Crippen LogP contribution in [-0.2, 0) is 14.3 Å². The van der Waals surface area contributed by atoms with Crippen molar-refractivity contribution in [3.8, 4) is 11.1 Å². The molecule has 186 valence electrons. The molecule has 35 heavy (non-hydrogen) atoms. The maximum atomic E-state index is 13.0. The quantitative estimate of drug-likeness (QED) is 0.568.